The molecule has 2 amide bonds. The molecule has 0 atom stereocenters. The molecule has 6 heteroatoms. The number of anilines is 2. The van der Waals surface area contributed by atoms with Crippen molar-refractivity contribution in [3.63, 3.8) is 0 Å². The molecule has 5 nitrogen and oxygen atoms in total. The minimum Gasteiger partial charge on any atom is -0.508 e. The van der Waals surface area contributed by atoms with Crippen molar-refractivity contribution in [3.8, 4) is 5.75 Å². The molecular formula is C15H16BrN3O2. The van der Waals surface area contributed by atoms with E-state index in [1.807, 2.05) is 18.2 Å². The Morgan fingerprint density at radius 3 is 2.48 bits per heavy atom. The molecule has 0 radical (unpaired) electrons. The highest BCUT2D eigenvalue weighted by atomic mass is 79.9. The average molecular weight is 350 g/mol. The minimum atomic E-state index is -0.255. The van der Waals surface area contributed by atoms with Crippen molar-refractivity contribution in [2.75, 3.05) is 17.7 Å². The number of phenols is 1. The summed E-state index contributed by atoms with van der Waals surface area (Å²) in [6.45, 7) is 0.507. The fourth-order valence-electron chi connectivity index (χ4n) is 1.76. The van der Waals surface area contributed by atoms with Gasteiger partial charge in [0.2, 0.25) is 0 Å². The zero-order valence-electron chi connectivity index (χ0n) is 11.5. The lowest BCUT2D eigenvalue weighted by atomic mass is 10.2. The van der Waals surface area contributed by atoms with Crippen LogP contribution in [-0.4, -0.2) is 18.2 Å². The van der Waals surface area contributed by atoms with Crippen LogP contribution in [0, 0.1) is 0 Å². The molecule has 0 fully saturated rings. The Morgan fingerprint density at radius 2 is 1.81 bits per heavy atom. The minimum absolute atomic E-state index is 0.253. The van der Waals surface area contributed by atoms with Crippen LogP contribution in [0.3, 0.4) is 0 Å². The largest absolute Gasteiger partial charge is 0.508 e. The summed E-state index contributed by atoms with van der Waals surface area (Å²) in [4.78, 5) is 11.2. The van der Waals surface area contributed by atoms with Crippen LogP contribution in [0.1, 0.15) is 5.56 Å². The van der Waals surface area contributed by atoms with Gasteiger partial charge in [-0.1, -0.05) is 15.9 Å². The van der Waals surface area contributed by atoms with Crippen LogP contribution in [0.5, 0.6) is 5.75 Å². The summed E-state index contributed by atoms with van der Waals surface area (Å²) in [6, 6.07) is 12.4. The number of urea groups is 1. The average Bonchev–Trinajstić information content (AvgIpc) is 2.49. The van der Waals surface area contributed by atoms with Gasteiger partial charge in [0.1, 0.15) is 5.75 Å². The van der Waals surface area contributed by atoms with Crippen molar-refractivity contribution >= 4 is 33.3 Å². The van der Waals surface area contributed by atoms with Crippen LogP contribution in [0.4, 0.5) is 16.2 Å². The van der Waals surface area contributed by atoms with Gasteiger partial charge in [0, 0.05) is 35.0 Å². The van der Waals surface area contributed by atoms with Gasteiger partial charge in [0.05, 0.1) is 0 Å². The van der Waals surface area contributed by atoms with E-state index in [0.29, 0.717) is 12.2 Å². The Kier molecular flexibility index (Phi) is 5.05. The van der Waals surface area contributed by atoms with E-state index in [4.69, 9.17) is 0 Å². The van der Waals surface area contributed by atoms with Crippen LogP contribution in [0.2, 0.25) is 0 Å². The Hall–Kier alpha value is -2.21. The summed E-state index contributed by atoms with van der Waals surface area (Å²) in [5.41, 5.74) is 2.42. The summed E-state index contributed by atoms with van der Waals surface area (Å²) < 4.78 is 0.919. The molecule has 0 unspecified atom stereocenters. The molecule has 0 aromatic heterocycles. The molecule has 0 spiro atoms. The van der Waals surface area contributed by atoms with Gasteiger partial charge in [-0.3, -0.25) is 0 Å². The first-order chi connectivity index (χ1) is 10.1. The molecule has 0 saturated heterocycles. The Morgan fingerprint density at radius 1 is 1.14 bits per heavy atom. The van der Waals surface area contributed by atoms with Crippen molar-refractivity contribution < 1.29 is 9.90 Å². The van der Waals surface area contributed by atoms with Gasteiger partial charge in [-0.2, -0.15) is 0 Å². The molecule has 0 aliphatic carbocycles. The Labute approximate surface area is 131 Å². The topological polar surface area (TPSA) is 73.4 Å². The first-order valence-electron chi connectivity index (χ1n) is 6.38. The summed E-state index contributed by atoms with van der Waals surface area (Å²) in [6.07, 6.45) is 0. The number of nitrogens with one attached hydrogen (secondary N) is 3. The maximum absolute atomic E-state index is 11.2. The fourth-order valence-corrected chi connectivity index (χ4v) is 2.17. The van der Waals surface area contributed by atoms with Crippen LogP contribution in [-0.2, 0) is 6.54 Å². The van der Waals surface area contributed by atoms with E-state index in [-0.39, 0.29) is 11.8 Å². The van der Waals surface area contributed by atoms with E-state index in [0.717, 1.165) is 15.7 Å². The Balaban J connectivity index is 1.97. The third-order valence-electron chi connectivity index (χ3n) is 2.89. The zero-order chi connectivity index (χ0) is 15.2. The summed E-state index contributed by atoms with van der Waals surface area (Å²) in [7, 11) is 1.57. The number of hydrogen-bond donors (Lipinski definition) is 4. The number of carbonyl (C=O) groups is 1. The maximum atomic E-state index is 11.2. The lowest BCUT2D eigenvalue weighted by Gasteiger charge is -2.10. The second kappa shape index (κ2) is 6.99. The van der Waals surface area contributed by atoms with E-state index < -0.39 is 0 Å². The molecule has 2 aromatic carbocycles. The van der Waals surface area contributed by atoms with Crippen molar-refractivity contribution in [2.24, 2.45) is 0 Å². The third kappa shape index (κ3) is 4.39. The van der Waals surface area contributed by atoms with E-state index in [9.17, 15) is 9.90 Å². The maximum Gasteiger partial charge on any atom is 0.318 e. The van der Waals surface area contributed by atoms with E-state index >= 15 is 0 Å². The number of halogens is 1. The molecular weight excluding hydrogens is 334 g/mol. The standard InChI is InChI=1S/C15H16BrN3O2/c1-17-15(21)19-13-5-3-12(4-6-13)18-9-10-8-11(16)2-7-14(10)20/h2-8,18,20H,9H2,1H3,(H2,17,19,21). The molecule has 4 N–H and O–H groups in total. The number of benzene rings is 2. The smallest absolute Gasteiger partial charge is 0.318 e. The van der Waals surface area contributed by atoms with Crippen LogP contribution >= 0.6 is 15.9 Å². The predicted octanol–water partition coefficient (Wildman–Crippen LogP) is 3.52. The predicted molar refractivity (Wildman–Crippen MR) is 87.7 cm³/mol. The second-order valence-corrected chi connectivity index (χ2v) is 5.32. The van der Waals surface area contributed by atoms with Gasteiger partial charge < -0.3 is 21.1 Å². The molecule has 0 aliphatic heterocycles. The van der Waals surface area contributed by atoms with E-state index in [2.05, 4.69) is 31.9 Å². The van der Waals surface area contributed by atoms with Crippen molar-refractivity contribution in [2.45, 2.75) is 6.54 Å². The molecule has 0 bridgehead atoms. The quantitative estimate of drug-likeness (QED) is 0.682. The number of phenolic OH excluding ortho intramolecular Hbond substituents is 1. The summed E-state index contributed by atoms with van der Waals surface area (Å²) in [5, 5.41) is 18.2. The van der Waals surface area contributed by atoms with Crippen molar-refractivity contribution in [3.05, 3.63) is 52.5 Å². The lowest BCUT2D eigenvalue weighted by Crippen LogP contribution is -2.24. The number of aromatic hydroxyl groups is 1. The van der Waals surface area contributed by atoms with Gasteiger partial charge in [0.15, 0.2) is 0 Å². The van der Waals surface area contributed by atoms with Crippen LogP contribution in [0.25, 0.3) is 0 Å². The molecule has 0 aliphatic rings. The van der Waals surface area contributed by atoms with Crippen LogP contribution < -0.4 is 16.0 Å². The SMILES string of the molecule is CNC(=O)Nc1ccc(NCc2cc(Br)ccc2O)cc1. The first kappa shape index (κ1) is 15.2. The fraction of sp³-hybridized carbons (Fsp3) is 0.133. The van der Waals surface area contributed by atoms with Crippen molar-refractivity contribution in [1.29, 1.82) is 0 Å². The van der Waals surface area contributed by atoms with Gasteiger partial charge >= 0.3 is 6.03 Å². The van der Waals surface area contributed by atoms with Gasteiger partial charge in [-0.25, -0.2) is 4.79 Å². The van der Waals surface area contributed by atoms with Gasteiger partial charge in [-0.05, 0) is 42.5 Å². The number of hydrogen-bond acceptors (Lipinski definition) is 3. The highest BCUT2D eigenvalue weighted by Crippen LogP contribution is 2.23. The number of rotatable bonds is 4. The second-order valence-electron chi connectivity index (χ2n) is 4.41. The van der Waals surface area contributed by atoms with E-state index in [1.165, 1.54) is 0 Å². The van der Waals surface area contributed by atoms with Crippen molar-refractivity contribution in [1.82, 2.24) is 5.32 Å². The number of carbonyl (C=O) groups excluding carboxylic acids is 1. The molecule has 0 saturated carbocycles. The summed E-state index contributed by atoms with van der Waals surface area (Å²) >= 11 is 3.38. The molecule has 0 heterocycles. The monoisotopic (exact) mass is 349 g/mol. The number of amides is 2. The van der Waals surface area contributed by atoms with Gasteiger partial charge in [-0.15, -0.1) is 0 Å². The van der Waals surface area contributed by atoms with Gasteiger partial charge in [0.25, 0.3) is 0 Å². The first-order valence-corrected chi connectivity index (χ1v) is 7.18. The highest BCUT2D eigenvalue weighted by molar-refractivity contribution is 9.10. The molecule has 110 valence electrons. The third-order valence-corrected chi connectivity index (χ3v) is 3.39. The normalized spacial score (nSPS) is 10.0. The molecule has 21 heavy (non-hydrogen) atoms. The molecule has 2 rings (SSSR count). The Bertz CT molecular complexity index is 629. The lowest BCUT2D eigenvalue weighted by molar-refractivity contribution is 0.254. The van der Waals surface area contributed by atoms with Crippen LogP contribution in [0.15, 0.2) is 46.9 Å². The zero-order valence-corrected chi connectivity index (χ0v) is 13.1. The molecule has 2 aromatic rings. The highest BCUT2D eigenvalue weighted by Gasteiger charge is 2.03. The van der Waals surface area contributed by atoms with E-state index in [1.54, 1.807) is 31.3 Å². The summed E-state index contributed by atoms with van der Waals surface area (Å²) in [5.74, 6) is 0.253.